The summed E-state index contributed by atoms with van der Waals surface area (Å²) in [6, 6.07) is 6.22. The van der Waals surface area contributed by atoms with E-state index in [2.05, 4.69) is 25.1 Å². The minimum absolute atomic E-state index is 0.276. The van der Waals surface area contributed by atoms with Gasteiger partial charge in [-0.1, -0.05) is 11.6 Å². The summed E-state index contributed by atoms with van der Waals surface area (Å²) in [4.78, 5) is 11.8. The Morgan fingerprint density at radius 1 is 1.18 bits per heavy atom. The zero-order chi connectivity index (χ0) is 12.2. The fourth-order valence-corrected chi connectivity index (χ4v) is 2.42. The van der Waals surface area contributed by atoms with E-state index in [1.165, 1.54) is 11.8 Å². The first-order valence-electron chi connectivity index (χ1n) is 5.59. The van der Waals surface area contributed by atoms with Gasteiger partial charge in [-0.05, 0) is 38.5 Å². The molecule has 0 radical (unpaired) electrons. The number of hydrogen-bond donors (Lipinski definition) is 0. The number of benzene rings is 1. The molecule has 86 valence electrons. The van der Waals surface area contributed by atoms with Gasteiger partial charge in [0.1, 0.15) is 11.8 Å². The van der Waals surface area contributed by atoms with Gasteiger partial charge in [-0.2, -0.15) is 0 Å². The van der Waals surface area contributed by atoms with Crippen molar-refractivity contribution < 1.29 is 4.42 Å². The van der Waals surface area contributed by atoms with E-state index in [1.54, 1.807) is 0 Å². The fourth-order valence-electron chi connectivity index (χ4n) is 2.42. The largest absolute Gasteiger partial charge is 0.428 e. The molecule has 0 spiro atoms. The van der Waals surface area contributed by atoms with Crippen LogP contribution in [0.5, 0.6) is 0 Å². The number of fused-ring (bicyclic) bond motifs is 3. The highest BCUT2D eigenvalue weighted by Gasteiger charge is 2.13. The smallest absolute Gasteiger partial charge is 0.360 e. The van der Waals surface area contributed by atoms with Crippen molar-refractivity contribution in [3.8, 4) is 0 Å². The van der Waals surface area contributed by atoms with Gasteiger partial charge < -0.3 is 8.82 Å². The minimum Gasteiger partial charge on any atom is -0.428 e. The van der Waals surface area contributed by atoms with Gasteiger partial charge in [0.15, 0.2) is 0 Å². The van der Waals surface area contributed by atoms with Crippen molar-refractivity contribution in [3.63, 3.8) is 0 Å². The molecule has 0 aliphatic rings. The van der Waals surface area contributed by atoms with Gasteiger partial charge in [0.05, 0.1) is 11.2 Å². The van der Waals surface area contributed by atoms with Crippen LogP contribution in [0.2, 0.25) is 0 Å². The molecule has 3 heteroatoms. The van der Waals surface area contributed by atoms with Gasteiger partial charge in [0, 0.05) is 5.39 Å². The first-order valence-corrected chi connectivity index (χ1v) is 5.59. The molecule has 0 unspecified atom stereocenters. The van der Waals surface area contributed by atoms with Crippen LogP contribution in [0, 0.1) is 20.8 Å². The Balaban J connectivity index is 2.73. The topological polar surface area (TPSA) is 34.6 Å². The number of aromatic nitrogens is 1. The summed E-state index contributed by atoms with van der Waals surface area (Å²) in [6.07, 6.45) is 1.51. The van der Waals surface area contributed by atoms with E-state index in [1.807, 2.05) is 18.2 Å². The quantitative estimate of drug-likeness (QED) is 0.591. The zero-order valence-corrected chi connectivity index (χ0v) is 10.1. The van der Waals surface area contributed by atoms with Gasteiger partial charge in [0.2, 0.25) is 0 Å². The molecule has 1 aromatic carbocycles. The average molecular weight is 227 g/mol. The molecule has 0 aliphatic heterocycles. The molecule has 0 atom stereocenters. The third-order valence-corrected chi connectivity index (χ3v) is 3.26. The molecular weight excluding hydrogens is 214 g/mol. The maximum atomic E-state index is 11.8. The van der Waals surface area contributed by atoms with Crippen LogP contribution in [-0.2, 0) is 0 Å². The van der Waals surface area contributed by atoms with Crippen molar-refractivity contribution in [2.24, 2.45) is 0 Å². The number of nitrogens with zero attached hydrogens (tertiary/aromatic N) is 1. The average Bonchev–Trinajstić information content (AvgIpc) is 2.59. The second-order valence-electron chi connectivity index (χ2n) is 4.49. The summed E-state index contributed by atoms with van der Waals surface area (Å²) >= 11 is 0. The number of rotatable bonds is 0. The molecule has 0 aliphatic carbocycles. The molecule has 2 heterocycles. The molecule has 0 saturated carbocycles. The Bertz CT molecular complexity index is 793. The lowest BCUT2D eigenvalue weighted by Gasteiger charge is -2.00. The number of aryl methyl sites for hydroxylation is 3. The highest BCUT2D eigenvalue weighted by atomic mass is 16.4. The van der Waals surface area contributed by atoms with E-state index in [9.17, 15) is 4.79 Å². The lowest BCUT2D eigenvalue weighted by Crippen LogP contribution is -2.05. The Labute approximate surface area is 98.3 Å². The van der Waals surface area contributed by atoms with E-state index in [-0.39, 0.29) is 5.63 Å². The summed E-state index contributed by atoms with van der Waals surface area (Å²) in [6.45, 7) is 5.96. The molecule has 0 fully saturated rings. The lowest BCUT2D eigenvalue weighted by atomic mass is 10.1. The highest BCUT2D eigenvalue weighted by molar-refractivity contribution is 5.92. The maximum absolute atomic E-state index is 11.8. The Kier molecular flexibility index (Phi) is 1.93. The summed E-state index contributed by atoms with van der Waals surface area (Å²) in [7, 11) is 0. The molecule has 0 saturated heterocycles. The molecule has 3 aromatic rings. The third-order valence-electron chi connectivity index (χ3n) is 3.26. The van der Waals surface area contributed by atoms with Crippen molar-refractivity contribution in [1.82, 2.24) is 4.40 Å². The van der Waals surface area contributed by atoms with Gasteiger partial charge >= 0.3 is 5.63 Å². The summed E-state index contributed by atoms with van der Waals surface area (Å²) in [5.74, 6) is 0. The van der Waals surface area contributed by atoms with Crippen LogP contribution in [0.3, 0.4) is 0 Å². The SMILES string of the molecule is Cc1ccc2c(c1)c(C)c1c(=O)occ(C)n12. The standard InChI is InChI=1S/C14H13NO2/c1-8-4-5-12-11(6-8)10(3)13-14(16)17-7-9(2)15(12)13/h4-7H,1-3H3. The second-order valence-corrected chi connectivity index (χ2v) is 4.49. The number of hydrogen-bond acceptors (Lipinski definition) is 2. The van der Waals surface area contributed by atoms with Gasteiger partial charge in [-0.3, -0.25) is 0 Å². The van der Waals surface area contributed by atoms with Crippen LogP contribution in [0.4, 0.5) is 0 Å². The van der Waals surface area contributed by atoms with Gasteiger partial charge in [-0.15, -0.1) is 0 Å². The van der Waals surface area contributed by atoms with Crippen molar-refractivity contribution >= 4 is 16.4 Å². The van der Waals surface area contributed by atoms with Crippen LogP contribution in [-0.4, -0.2) is 4.40 Å². The summed E-state index contributed by atoms with van der Waals surface area (Å²) < 4.78 is 7.00. The summed E-state index contributed by atoms with van der Waals surface area (Å²) in [5, 5.41) is 1.12. The van der Waals surface area contributed by atoms with Crippen LogP contribution >= 0.6 is 0 Å². The molecule has 0 N–H and O–H groups in total. The first-order chi connectivity index (χ1) is 8.09. The van der Waals surface area contributed by atoms with Crippen LogP contribution in [0.15, 0.2) is 33.7 Å². The normalized spacial score (nSPS) is 11.5. The second kappa shape index (κ2) is 3.23. The molecule has 17 heavy (non-hydrogen) atoms. The first kappa shape index (κ1) is 10.1. The van der Waals surface area contributed by atoms with E-state index >= 15 is 0 Å². The van der Waals surface area contributed by atoms with E-state index in [4.69, 9.17) is 4.42 Å². The van der Waals surface area contributed by atoms with E-state index in [0.29, 0.717) is 5.52 Å². The summed E-state index contributed by atoms with van der Waals surface area (Å²) in [5.41, 5.74) is 4.54. The Morgan fingerprint density at radius 2 is 1.94 bits per heavy atom. The van der Waals surface area contributed by atoms with Gasteiger partial charge in [-0.25, -0.2) is 4.79 Å². The minimum atomic E-state index is -0.276. The maximum Gasteiger partial charge on any atom is 0.360 e. The van der Waals surface area contributed by atoms with Crippen LogP contribution < -0.4 is 5.63 Å². The Hall–Kier alpha value is -2.03. The van der Waals surface area contributed by atoms with E-state index in [0.717, 1.165) is 22.2 Å². The van der Waals surface area contributed by atoms with Crippen LogP contribution in [0.25, 0.3) is 16.4 Å². The monoisotopic (exact) mass is 227 g/mol. The zero-order valence-electron chi connectivity index (χ0n) is 10.1. The predicted octanol–water partition coefficient (Wildman–Crippen LogP) is 2.97. The molecule has 0 bridgehead atoms. The highest BCUT2D eigenvalue weighted by Crippen LogP contribution is 2.26. The Morgan fingerprint density at radius 3 is 2.71 bits per heavy atom. The van der Waals surface area contributed by atoms with Crippen LogP contribution in [0.1, 0.15) is 16.8 Å². The van der Waals surface area contributed by atoms with Crippen molar-refractivity contribution in [2.75, 3.05) is 0 Å². The molecule has 3 nitrogen and oxygen atoms in total. The predicted molar refractivity (Wildman–Crippen MR) is 67.7 cm³/mol. The lowest BCUT2D eigenvalue weighted by molar-refractivity contribution is 0.504. The van der Waals surface area contributed by atoms with Gasteiger partial charge in [0.25, 0.3) is 0 Å². The van der Waals surface area contributed by atoms with Crippen molar-refractivity contribution in [1.29, 1.82) is 0 Å². The van der Waals surface area contributed by atoms with Crippen molar-refractivity contribution in [3.05, 3.63) is 51.7 Å². The third kappa shape index (κ3) is 1.25. The molecule has 3 rings (SSSR count). The molecular formula is C14H13NO2. The molecule has 2 aromatic heterocycles. The molecule has 0 amide bonds. The fraction of sp³-hybridized carbons (Fsp3) is 0.214. The van der Waals surface area contributed by atoms with E-state index < -0.39 is 0 Å². The van der Waals surface area contributed by atoms with Crippen molar-refractivity contribution in [2.45, 2.75) is 20.8 Å².